The van der Waals surface area contributed by atoms with Crippen LogP contribution >= 0.6 is 11.6 Å². The summed E-state index contributed by atoms with van der Waals surface area (Å²) in [6, 6.07) is 14.2. The monoisotopic (exact) mass is 373 g/mol. The van der Waals surface area contributed by atoms with Crippen molar-refractivity contribution >= 4 is 23.5 Å². The van der Waals surface area contributed by atoms with E-state index in [2.05, 4.69) is 0 Å². The second-order valence-electron chi connectivity index (χ2n) is 6.09. The summed E-state index contributed by atoms with van der Waals surface area (Å²) < 4.78 is 10.5. The number of hydrogen-bond donors (Lipinski definition) is 0. The number of rotatable bonds is 5. The number of ether oxygens (including phenoxy) is 2. The lowest BCUT2D eigenvalue weighted by Gasteiger charge is -2.35. The molecule has 0 saturated heterocycles. The normalized spacial score (nSPS) is 15.9. The minimum absolute atomic E-state index is 0.135. The van der Waals surface area contributed by atoms with Crippen LogP contribution < -0.4 is 4.74 Å². The smallest absolute Gasteiger partial charge is 0.328 e. The Kier molecular flexibility index (Phi) is 5.78. The van der Waals surface area contributed by atoms with Crippen LogP contribution in [0.15, 0.2) is 48.5 Å². The molecule has 0 N–H and O–H groups in total. The summed E-state index contributed by atoms with van der Waals surface area (Å²) in [5.74, 6) is 0.117. The quantitative estimate of drug-likeness (QED) is 0.755. The molecule has 3 rings (SSSR count). The standard InChI is InChI=1S/C20H20ClNO4/c1-25-20(24)18-12-14-4-2-3-5-15(14)13-22(18)19(23)10-11-26-17-8-6-16(21)7-9-17/h2-9,18H,10-13H2,1H3. The maximum Gasteiger partial charge on any atom is 0.328 e. The predicted octanol–water partition coefficient (Wildman–Crippen LogP) is 3.24. The van der Waals surface area contributed by atoms with Gasteiger partial charge in [-0.3, -0.25) is 4.79 Å². The van der Waals surface area contributed by atoms with Crippen LogP contribution in [0.25, 0.3) is 0 Å². The Balaban J connectivity index is 1.65. The highest BCUT2D eigenvalue weighted by Gasteiger charge is 2.34. The van der Waals surface area contributed by atoms with Crippen molar-refractivity contribution in [2.75, 3.05) is 13.7 Å². The van der Waals surface area contributed by atoms with Crippen LogP contribution in [0, 0.1) is 0 Å². The zero-order chi connectivity index (χ0) is 18.5. The number of carbonyl (C=O) groups excluding carboxylic acids is 2. The second kappa shape index (κ2) is 8.23. The molecule has 26 heavy (non-hydrogen) atoms. The molecule has 1 aliphatic heterocycles. The van der Waals surface area contributed by atoms with Crippen LogP contribution in [0.5, 0.6) is 5.75 Å². The summed E-state index contributed by atoms with van der Waals surface area (Å²) in [5, 5.41) is 0.626. The molecule has 5 nitrogen and oxygen atoms in total. The summed E-state index contributed by atoms with van der Waals surface area (Å²) in [7, 11) is 1.34. The maximum atomic E-state index is 12.7. The number of halogens is 1. The van der Waals surface area contributed by atoms with Crippen molar-refractivity contribution in [1.29, 1.82) is 0 Å². The largest absolute Gasteiger partial charge is 0.493 e. The van der Waals surface area contributed by atoms with E-state index in [4.69, 9.17) is 21.1 Å². The number of hydrogen-bond acceptors (Lipinski definition) is 4. The van der Waals surface area contributed by atoms with E-state index in [0.29, 0.717) is 23.7 Å². The summed E-state index contributed by atoms with van der Waals surface area (Å²) >= 11 is 5.84. The Bertz CT molecular complexity index is 791. The zero-order valence-corrected chi connectivity index (χ0v) is 15.2. The fraction of sp³-hybridized carbons (Fsp3) is 0.300. The first-order valence-electron chi connectivity index (χ1n) is 8.41. The van der Waals surface area contributed by atoms with Crippen LogP contribution in [0.1, 0.15) is 17.5 Å². The Hall–Kier alpha value is -2.53. The molecule has 0 radical (unpaired) electrons. The van der Waals surface area contributed by atoms with Crippen LogP contribution in [-0.2, 0) is 27.3 Å². The molecule has 136 valence electrons. The summed E-state index contributed by atoms with van der Waals surface area (Å²) in [6.07, 6.45) is 0.644. The molecule has 1 atom stereocenters. The molecule has 0 spiro atoms. The van der Waals surface area contributed by atoms with Gasteiger partial charge in [-0.05, 0) is 35.4 Å². The van der Waals surface area contributed by atoms with Crippen molar-refractivity contribution in [1.82, 2.24) is 4.90 Å². The van der Waals surface area contributed by atoms with Gasteiger partial charge in [-0.1, -0.05) is 35.9 Å². The van der Waals surface area contributed by atoms with Crippen molar-refractivity contribution in [3.05, 3.63) is 64.7 Å². The minimum atomic E-state index is -0.599. The van der Waals surface area contributed by atoms with Gasteiger partial charge in [-0.15, -0.1) is 0 Å². The predicted molar refractivity (Wildman–Crippen MR) is 98.1 cm³/mol. The van der Waals surface area contributed by atoms with Crippen molar-refractivity contribution in [3.63, 3.8) is 0 Å². The van der Waals surface area contributed by atoms with E-state index in [1.807, 2.05) is 24.3 Å². The molecule has 0 fully saturated rings. The first kappa shape index (κ1) is 18.3. The Morgan fingerprint density at radius 2 is 1.81 bits per heavy atom. The van der Waals surface area contributed by atoms with E-state index in [1.165, 1.54) is 7.11 Å². The third kappa shape index (κ3) is 4.17. The number of fused-ring (bicyclic) bond motifs is 1. The zero-order valence-electron chi connectivity index (χ0n) is 14.5. The van der Waals surface area contributed by atoms with Crippen molar-refractivity contribution in [2.45, 2.75) is 25.4 Å². The molecule has 0 aromatic heterocycles. The van der Waals surface area contributed by atoms with Gasteiger partial charge in [0, 0.05) is 18.0 Å². The third-order valence-electron chi connectivity index (χ3n) is 4.44. The van der Waals surface area contributed by atoms with E-state index in [-0.39, 0.29) is 18.9 Å². The lowest BCUT2D eigenvalue weighted by Crippen LogP contribution is -2.49. The van der Waals surface area contributed by atoms with Gasteiger partial charge in [0.25, 0.3) is 0 Å². The van der Waals surface area contributed by atoms with Gasteiger partial charge < -0.3 is 14.4 Å². The van der Waals surface area contributed by atoms with Crippen LogP contribution in [-0.4, -0.2) is 36.5 Å². The average molecular weight is 374 g/mol. The van der Waals surface area contributed by atoms with Crippen LogP contribution in [0.2, 0.25) is 5.02 Å². The number of nitrogens with zero attached hydrogens (tertiary/aromatic N) is 1. The highest BCUT2D eigenvalue weighted by Crippen LogP contribution is 2.25. The third-order valence-corrected chi connectivity index (χ3v) is 4.69. The highest BCUT2D eigenvalue weighted by molar-refractivity contribution is 6.30. The maximum absolute atomic E-state index is 12.7. The lowest BCUT2D eigenvalue weighted by atomic mass is 9.93. The van der Waals surface area contributed by atoms with E-state index in [0.717, 1.165) is 11.1 Å². The lowest BCUT2D eigenvalue weighted by molar-refractivity contribution is -0.154. The summed E-state index contributed by atoms with van der Waals surface area (Å²) in [6.45, 7) is 0.627. The van der Waals surface area contributed by atoms with Gasteiger partial charge in [0.2, 0.25) is 5.91 Å². The van der Waals surface area contributed by atoms with Gasteiger partial charge in [-0.25, -0.2) is 4.79 Å². The number of amides is 1. The molecule has 1 heterocycles. The molecular weight excluding hydrogens is 354 g/mol. The topological polar surface area (TPSA) is 55.8 Å². The van der Waals surface area contributed by atoms with Gasteiger partial charge in [0.1, 0.15) is 11.8 Å². The number of methoxy groups -OCH3 is 1. The fourth-order valence-electron chi connectivity index (χ4n) is 3.06. The summed E-state index contributed by atoms with van der Waals surface area (Å²) in [5.41, 5.74) is 2.13. The van der Waals surface area contributed by atoms with Crippen molar-refractivity contribution in [3.8, 4) is 5.75 Å². The Morgan fingerprint density at radius 3 is 2.50 bits per heavy atom. The molecule has 0 bridgehead atoms. The van der Waals surface area contributed by atoms with Gasteiger partial charge in [0.05, 0.1) is 20.1 Å². The Morgan fingerprint density at radius 1 is 1.12 bits per heavy atom. The van der Waals surface area contributed by atoms with Gasteiger partial charge >= 0.3 is 5.97 Å². The molecule has 2 aromatic rings. The molecule has 0 saturated carbocycles. The highest BCUT2D eigenvalue weighted by atomic mass is 35.5. The number of esters is 1. The first-order chi connectivity index (χ1) is 12.6. The van der Waals surface area contributed by atoms with Crippen LogP contribution in [0.3, 0.4) is 0 Å². The molecule has 1 amide bonds. The van der Waals surface area contributed by atoms with Gasteiger partial charge in [-0.2, -0.15) is 0 Å². The number of benzene rings is 2. The van der Waals surface area contributed by atoms with Crippen molar-refractivity contribution in [2.24, 2.45) is 0 Å². The second-order valence-corrected chi connectivity index (χ2v) is 6.52. The molecule has 0 aliphatic carbocycles. The SMILES string of the molecule is COC(=O)C1Cc2ccccc2CN1C(=O)CCOc1ccc(Cl)cc1. The molecule has 1 aliphatic rings. The molecule has 1 unspecified atom stereocenters. The average Bonchev–Trinajstić information content (AvgIpc) is 2.67. The van der Waals surface area contributed by atoms with E-state index in [9.17, 15) is 9.59 Å². The summed E-state index contributed by atoms with van der Waals surface area (Å²) in [4.78, 5) is 26.4. The molecule has 2 aromatic carbocycles. The molecular formula is C20H20ClNO4. The molecule has 6 heteroatoms. The minimum Gasteiger partial charge on any atom is -0.493 e. The number of carbonyl (C=O) groups is 2. The fourth-order valence-corrected chi connectivity index (χ4v) is 3.19. The van der Waals surface area contributed by atoms with E-state index < -0.39 is 12.0 Å². The Labute approximate surface area is 157 Å². The van der Waals surface area contributed by atoms with Crippen LogP contribution in [0.4, 0.5) is 0 Å². The van der Waals surface area contributed by atoms with E-state index >= 15 is 0 Å². The van der Waals surface area contributed by atoms with Crippen molar-refractivity contribution < 1.29 is 19.1 Å². The van der Waals surface area contributed by atoms with E-state index in [1.54, 1.807) is 29.2 Å². The first-order valence-corrected chi connectivity index (χ1v) is 8.78. The van der Waals surface area contributed by atoms with Gasteiger partial charge in [0.15, 0.2) is 0 Å².